The molecule has 0 bridgehead atoms. The molecule has 0 aromatic heterocycles. The third-order valence-electron chi connectivity index (χ3n) is 7.21. The highest BCUT2D eigenvalue weighted by Crippen LogP contribution is 2.30. The highest BCUT2D eigenvalue weighted by atomic mass is 35.5. The van der Waals surface area contributed by atoms with E-state index in [2.05, 4.69) is 5.32 Å². The summed E-state index contributed by atoms with van der Waals surface area (Å²) < 4.78 is 34.9. The normalized spacial score (nSPS) is 12.2. The smallest absolute Gasteiger partial charge is 0.264 e. The van der Waals surface area contributed by atoms with E-state index in [1.165, 1.54) is 17.0 Å². The summed E-state index contributed by atoms with van der Waals surface area (Å²) >= 11 is 13.2. The molecule has 1 N–H and O–H groups in total. The van der Waals surface area contributed by atoms with Gasteiger partial charge in [-0.05, 0) is 81.8 Å². The van der Waals surface area contributed by atoms with Gasteiger partial charge in [0.15, 0.2) is 0 Å². The van der Waals surface area contributed by atoms with Crippen LogP contribution < -0.4 is 14.4 Å². The molecule has 0 aliphatic carbocycles. The zero-order valence-corrected chi connectivity index (χ0v) is 29.1. The highest BCUT2D eigenvalue weighted by Gasteiger charge is 2.36. The summed E-state index contributed by atoms with van der Waals surface area (Å²) in [5.41, 5.74) is 0.877. The van der Waals surface area contributed by atoms with Crippen molar-refractivity contribution in [2.45, 2.75) is 57.1 Å². The van der Waals surface area contributed by atoms with E-state index in [1.54, 1.807) is 60.7 Å². The standard InChI is InChI=1S/C36H39Cl2N3O5S/c1-5-46-28-21-19-27(20-22-28)41(47(44,45)29-15-10-7-11-16-29)25-34(42)40(24-30-31(37)17-12-18-32(30)38)33(35(43)39-36(2,3)4)23-26-13-8-6-9-14-26/h6-22,33H,5,23-25H2,1-4H3,(H,39,43). The molecule has 248 valence electrons. The average molecular weight is 697 g/mol. The zero-order valence-electron chi connectivity index (χ0n) is 26.8. The number of carbonyl (C=O) groups excluding carboxylic acids is 2. The van der Waals surface area contributed by atoms with Crippen molar-refractivity contribution in [3.8, 4) is 5.75 Å². The summed E-state index contributed by atoms with van der Waals surface area (Å²) in [6, 6.07) is 27.6. The minimum atomic E-state index is -4.24. The van der Waals surface area contributed by atoms with Crippen LogP contribution in [-0.4, -0.2) is 49.9 Å². The van der Waals surface area contributed by atoms with E-state index >= 15 is 0 Å². The van der Waals surface area contributed by atoms with Gasteiger partial charge < -0.3 is 15.0 Å². The lowest BCUT2D eigenvalue weighted by Gasteiger charge is -2.35. The van der Waals surface area contributed by atoms with E-state index in [0.29, 0.717) is 28.0 Å². The fourth-order valence-electron chi connectivity index (χ4n) is 4.98. The lowest BCUT2D eigenvalue weighted by atomic mass is 10.0. The maximum absolute atomic E-state index is 14.6. The minimum absolute atomic E-state index is 0.00805. The van der Waals surface area contributed by atoms with Crippen LogP contribution in [0.5, 0.6) is 5.75 Å². The molecule has 0 spiro atoms. The molecular weight excluding hydrogens is 657 g/mol. The fraction of sp³-hybridized carbons (Fsp3) is 0.278. The molecule has 0 saturated carbocycles. The maximum Gasteiger partial charge on any atom is 0.264 e. The van der Waals surface area contributed by atoms with E-state index < -0.39 is 40.0 Å². The van der Waals surface area contributed by atoms with Gasteiger partial charge in [-0.2, -0.15) is 0 Å². The predicted molar refractivity (Wildman–Crippen MR) is 187 cm³/mol. The number of carbonyl (C=O) groups is 2. The van der Waals surface area contributed by atoms with Crippen molar-refractivity contribution in [3.05, 3.63) is 124 Å². The molecule has 47 heavy (non-hydrogen) atoms. The number of hydrogen-bond donors (Lipinski definition) is 1. The van der Waals surface area contributed by atoms with E-state index in [0.717, 1.165) is 9.87 Å². The van der Waals surface area contributed by atoms with Crippen LogP contribution in [0.3, 0.4) is 0 Å². The van der Waals surface area contributed by atoms with Crippen molar-refractivity contribution in [3.63, 3.8) is 0 Å². The first-order valence-electron chi connectivity index (χ1n) is 15.2. The lowest BCUT2D eigenvalue weighted by Crippen LogP contribution is -2.56. The Morgan fingerprint density at radius 1 is 0.830 bits per heavy atom. The number of halogens is 2. The number of amides is 2. The molecule has 1 atom stereocenters. The fourth-order valence-corrected chi connectivity index (χ4v) is 6.94. The number of ether oxygens (including phenoxy) is 1. The molecule has 0 fully saturated rings. The van der Waals surface area contributed by atoms with Gasteiger partial charge in [-0.1, -0.05) is 77.8 Å². The van der Waals surface area contributed by atoms with Crippen LogP contribution in [0.1, 0.15) is 38.8 Å². The van der Waals surface area contributed by atoms with Gasteiger partial charge in [-0.3, -0.25) is 13.9 Å². The van der Waals surface area contributed by atoms with Gasteiger partial charge in [0.05, 0.1) is 17.2 Å². The van der Waals surface area contributed by atoms with Crippen molar-refractivity contribution in [2.24, 2.45) is 0 Å². The first-order valence-corrected chi connectivity index (χ1v) is 17.4. The van der Waals surface area contributed by atoms with Crippen LogP contribution in [0.4, 0.5) is 5.69 Å². The molecule has 11 heteroatoms. The molecule has 4 aromatic rings. The Balaban J connectivity index is 1.84. The van der Waals surface area contributed by atoms with Gasteiger partial charge in [0.1, 0.15) is 18.3 Å². The van der Waals surface area contributed by atoms with Crippen LogP contribution in [0, 0.1) is 0 Å². The third kappa shape index (κ3) is 9.50. The SMILES string of the molecule is CCOc1ccc(N(CC(=O)N(Cc2c(Cl)cccc2Cl)C(Cc2ccccc2)C(=O)NC(C)(C)C)S(=O)(=O)c2ccccc2)cc1. The minimum Gasteiger partial charge on any atom is -0.494 e. The molecule has 0 saturated heterocycles. The van der Waals surface area contributed by atoms with E-state index in [4.69, 9.17) is 27.9 Å². The van der Waals surface area contributed by atoms with Crippen LogP contribution >= 0.6 is 23.2 Å². The molecule has 0 heterocycles. The first kappa shape index (κ1) is 35.8. The van der Waals surface area contributed by atoms with Gasteiger partial charge in [0, 0.05) is 34.1 Å². The Morgan fingerprint density at radius 3 is 1.96 bits per heavy atom. The number of hydrogen-bond acceptors (Lipinski definition) is 5. The number of benzene rings is 4. The molecule has 4 aromatic carbocycles. The Kier molecular flexibility index (Phi) is 12.0. The average Bonchev–Trinajstić information content (AvgIpc) is 3.03. The first-order chi connectivity index (χ1) is 22.3. The van der Waals surface area contributed by atoms with Gasteiger partial charge in [0.25, 0.3) is 10.0 Å². The molecule has 1 unspecified atom stereocenters. The molecule has 2 amide bonds. The topological polar surface area (TPSA) is 96.0 Å². The van der Waals surface area contributed by atoms with E-state index in [9.17, 15) is 18.0 Å². The highest BCUT2D eigenvalue weighted by molar-refractivity contribution is 7.92. The largest absolute Gasteiger partial charge is 0.494 e. The van der Waals surface area contributed by atoms with Crippen LogP contribution in [0.25, 0.3) is 0 Å². The summed E-state index contributed by atoms with van der Waals surface area (Å²) in [5, 5.41) is 3.63. The molecular formula is C36H39Cl2N3O5S. The van der Waals surface area contributed by atoms with Gasteiger partial charge >= 0.3 is 0 Å². The number of nitrogens with one attached hydrogen (secondary N) is 1. The van der Waals surface area contributed by atoms with Crippen molar-refractivity contribution in [1.29, 1.82) is 0 Å². The summed E-state index contributed by atoms with van der Waals surface area (Å²) in [6.45, 7) is 7.07. The quantitative estimate of drug-likeness (QED) is 0.160. The Bertz CT molecular complexity index is 1740. The predicted octanol–water partition coefficient (Wildman–Crippen LogP) is 7.14. The Labute approximate surface area is 287 Å². The molecule has 4 rings (SSSR count). The van der Waals surface area contributed by atoms with Crippen molar-refractivity contribution in [2.75, 3.05) is 17.5 Å². The molecule has 0 aliphatic rings. The summed E-state index contributed by atoms with van der Waals surface area (Å²) in [6.07, 6.45) is 0.158. The van der Waals surface area contributed by atoms with E-state index in [-0.39, 0.29) is 23.5 Å². The van der Waals surface area contributed by atoms with Crippen molar-refractivity contribution in [1.82, 2.24) is 10.2 Å². The lowest BCUT2D eigenvalue weighted by molar-refractivity contribution is -0.140. The number of rotatable bonds is 13. The van der Waals surface area contributed by atoms with Crippen LogP contribution in [-0.2, 0) is 32.6 Å². The number of anilines is 1. The Hall–Kier alpha value is -4.05. The second kappa shape index (κ2) is 15.7. The number of nitrogens with zero attached hydrogens (tertiary/aromatic N) is 2. The van der Waals surface area contributed by atoms with E-state index in [1.807, 2.05) is 58.0 Å². The van der Waals surface area contributed by atoms with Crippen molar-refractivity contribution < 1.29 is 22.7 Å². The van der Waals surface area contributed by atoms with Crippen molar-refractivity contribution >= 4 is 50.7 Å². The summed E-state index contributed by atoms with van der Waals surface area (Å²) in [4.78, 5) is 30.0. The second-order valence-electron chi connectivity index (χ2n) is 11.9. The zero-order chi connectivity index (χ0) is 34.2. The maximum atomic E-state index is 14.6. The third-order valence-corrected chi connectivity index (χ3v) is 9.70. The van der Waals surface area contributed by atoms with Gasteiger partial charge in [0.2, 0.25) is 11.8 Å². The summed E-state index contributed by atoms with van der Waals surface area (Å²) in [5.74, 6) is -0.479. The van der Waals surface area contributed by atoms with Crippen LogP contribution in [0.2, 0.25) is 10.0 Å². The molecule has 8 nitrogen and oxygen atoms in total. The Morgan fingerprint density at radius 2 is 1.40 bits per heavy atom. The number of sulfonamides is 1. The van der Waals surface area contributed by atoms with Gasteiger partial charge in [-0.15, -0.1) is 0 Å². The van der Waals surface area contributed by atoms with Gasteiger partial charge in [-0.25, -0.2) is 8.42 Å². The summed E-state index contributed by atoms with van der Waals surface area (Å²) in [7, 11) is -4.24. The van der Waals surface area contributed by atoms with Crippen LogP contribution in [0.15, 0.2) is 108 Å². The molecule has 0 aliphatic heterocycles. The monoisotopic (exact) mass is 695 g/mol. The second-order valence-corrected chi connectivity index (χ2v) is 14.6. The molecule has 0 radical (unpaired) electrons.